The molecule has 402 valence electrons. The minimum absolute atomic E-state index is 0.185. The molecule has 2 aliphatic rings. The minimum atomic E-state index is -0.214. The quantitative estimate of drug-likeness (QED) is 0.131. The highest BCUT2D eigenvalue weighted by atomic mass is 16.3. The monoisotopic (exact) mass is 1080 g/mol. The molecule has 1 aromatic heterocycles. The molecular weight excluding hydrogens is 1020 g/mol. The zero-order chi connectivity index (χ0) is 56.5. The van der Waals surface area contributed by atoms with Crippen molar-refractivity contribution >= 4 is 73.5 Å². The Kier molecular flexibility index (Phi) is 12.6. The number of aryl methyl sites for hydroxylation is 1. The van der Waals surface area contributed by atoms with Gasteiger partial charge in [-0.25, -0.2) is 0 Å². The van der Waals surface area contributed by atoms with E-state index in [1.807, 2.05) is 0 Å². The molecule has 3 heterocycles. The largest absolute Gasteiger partial charge is 0.456 e. The molecule has 0 atom stereocenters. The molecule has 0 radical (unpaired) electrons. The van der Waals surface area contributed by atoms with Crippen molar-refractivity contribution in [3.63, 3.8) is 0 Å². The van der Waals surface area contributed by atoms with Crippen molar-refractivity contribution in [2.75, 3.05) is 10.2 Å². The molecule has 0 fully saturated rings. The van der Waals surface area contributed by atoms with E-state index >= 15 is 0 Å². The summed E-state index contributed by atoms with van der Waals surface area (Å²) in [7, 11) is 0. The number of hydrogen-bond donors (Lipinski definition) is 1. The van der Waals surface area contributed by atoms with E-state index in [2.05, 4.69) is 305 Å². The van der Waals surface area contributed by atoms with Crippen LogP contribution in [-0.2, 0) is 11.8 Å². The van der Waals surface area contributed by atoms with E-state index in [9.17, 15) is 0 Å². The summed E-state index contributed by atoms with van der Waals surface area (Å²) in [5.74, 6) is 0. The lowest BCUT2D eigenvalue weighted by molar-refractivity contribution is 0.591. The van der Waals surface area contributed by atoms with E-state index < -0.39 is 0 Å². The Hall–Kier alpha value is -9.90. The summed E-state index contributed by atoms with van der Waals surface area (Å²) in [4.78, 5) is 2.65. The topological polar surface area (TPSA) is 28.4 Å². The molecule has 12 aromatic carbocycles. The summed E-state index contributed by atoms with van der Waals surface area (Å²) >= 11 is 0. The Morgan fingerprint density at radius 3 is 1.50 bits per heavy atom. The predicted molar refractivity (Wildman–Crippen MR) is 358 cm³/mol. The molecule has 0 amide bonds. The van der Waals surface area contributed by atoms with Crippen LogP contribution in [0.1, 0.15) is 51.7 Å². The summed E-state index contributed by atoms with van der Waals surface area (Å²) in [6.45, 7) is 9.18. The second-order valence-corrected chi connectivity index (χ2v) is 23.8. The number of unbranched alkanes of at least 4 members (excludes halogenated alkanes) is 1. The van der Waals surface area contributed by atoms with Crippen LogP contribution in [0.2, 0.25) is 0 Å². The number of nitrogens with one attached hydrogen (secondary N) is 1. The Morgan fingerprint density at radius 2 is 0.929 bits per heavy atom. The molecule has 15 rings (SSSR count). The van der Waals surface area contributed by atoms with Crippen LogP contribution in [0.3, 0.4) is 0 Å². The van der Waals surface area contributed by atoms with Crippen LogP contribution in [0, 0.1) is 0 Å². The fourth-order valence-electron chi connectivity index (χ4n) is 13.5. The molecule has 0 spiro atoms. The van der Waals surface area contributed by atoms with Crippen molar-refractivity contribution in [1.82, 2.24) is 0 Å². The van der Waals surface area contributed by atoms with Gasteiger partial charge in [0.05, 0.1) is 5.69 Å². The lowest BCUT2D eigenvalue weighted by Crippen LogP contribution is -2.60. The standard InChI is InChI=1S/C80H63BN2O/c1-5-6-39-63-75(64(55-33-19-10-20-34-55)51-67-62-40-25-26-41-74(62)84-79(63)67)68-46-60(54-31-17-9-18-32-54)48-70-77(68)82-71-49-61(80(2,3)4)50-73-76(71)81(70)69-47-58(52-27-13-7-14-28-52)42-43-72(69)83(73)78-65(56-35-21-11-22-36-56)44-59(53-29-15-8-16-30-53)45-66(78)57-37-23-12-24-38-57/h7-38,40-51,82H,5-6,39H2,1-4H3. The van der Waals surface area contributed by atoms with Gasteiger partial charge in [-0.15, -0.1) is 0 Å². The normalized spacial score (nSPS) is 12.5. The van der Waals surface area contributed by atoms with Crippen molar-refractivity contribution in [2.24, 2.45) is 0 Å². The van der Waals surface area contributed by atoms with E-state index in [1.54, 1.807) is 0 Å². The van der Waals surface area contributed by atoms with Crippen molar-refractivity contribution in [2.45, 2.75) is 52.4 Å². The zero-order valence-corrected chi connectivity index (χ0v) is 48.0. The maximum Gasteiger partial charge on any atom is 0.252 e. The maximum atomic E-state index is 7.11. The maximum absolute atomic E-state index is 7.11. The van der Waals surface area contributed by atoms with E-state index in [4.69, 9.17) is 4.42 Å². The van der Waals surface area contributed by atoms with Crippen molar-refractivity contribution in [3.05, 3.63) is 278 Å². The number of nitrogens with zero attached hydrogens (tertiary/aromatic N) is 1. The van der Waals surface area contributed by atoms with Crippen molar-refractivity contribution < 1.29 is 4.42 Å². The van der Waals surface area contributed by atoms with Gasteiger partial charge >= 0.3 is 0 Å². The highest BCUT2D eigenvalue weighted by Gasteiger charge is 2.44. The average Bonchev–Trinajstić information content (AvgIpc) is 0.789. The van der Waals surface area contributed by atoms with E-state index in [-0.39, 0.29) is 12.1 Å². The molecule has 0 saturated heterocycles. The average molecular weight is 1080 g/mol. The van der Waals surface area contributed by atoms with Gasteiger partial charge in [0.15, 0.2) is 0 Å². The first-order valence-corrected chi connectivity index (χ1v) is 29.8. The molecule has 0 aliphatic carbocycles. The molecule has 84 heavy (non-hydrogen) atoms. The number of anilines is 5. The first-order valence-electron chi connectivity index (χ1n) is 29.8. The Morgan fingerprint density at radius 1 is 0.429 bits per heavy atom. The van der Waals surface area contributed by atoms with E-state index in [1.165, 1.54) is 88.8 Å². The van der Waals surface area contributed by atoms with Crippen LogP contribution < -0.4 is 26.6 Å². The lowest BCUT2D eigenvalue weighted by Gasteiger charge is -2.43. The van der Waals surface area contributed by atoms with Gasteiger partial charge in [0.2, 0.25) is 0 Å². The summed E-state index contributed by atoms with van der Waals surface area (Å²) in [5.41, 5.74) is 30.1. The molecule has 0 unspecified atom stereocenters. The SMILES string of the molecule is CCCCc1c(-c2cc(-c3ccccc3)cc3c2Nc2cc(C(C)(C)C)cc4c2B3c2cc(-c3ccccc3)ccc2N4c2c(-c3ccccc3)cc(-c3ccccc3)cc2-c2ccccc2)c(-c2ccccc2)cc2c1oc1ccccc12. The summed E-state index contributed by atoms with van der Waals surface area (Å²) in [6.07, 6.45) is 2.93. The van der Waals surface area contributed by atoms with E-state index in [0.717, 1.165) is 86.2 Å². The van der Waals surface area contributed by atoms with Gasteiger partial charge in [-0.3, -0.25) is 0 Å². The van der Waals surface area contributed by atoms with Gasteiger partial charge < -0.3 is 14.6 Å². The number of fused-ring (bicyclic) bond motifs is 7. The van der Waals surface area contributed by atoms with Crippen LogP contribution in [0.4, 0.5) is 28.4 Å². The minimum Gasteiger partial charge on any atom is -0.456 e. The fraction of sp³-hybridized carbons (Fsp3) is 0.100. The third-order valence-corrected chi connectivity index (χ3v) is 17.6. The number of hydrogen-bond acceptors (Lipinski definition) is 3. The zero-order valence-electron chi connectivity index (χ0n) is 48.0. The molecular formula is C80H63BN2O. The highest BCUT2D eigenvalue weighted by molar-refractivity contribution is 7.00. The smallest absolute Gasteiger partial charge is 0.252 e. The summed E-state index contributed by atoms with van der Waals surface area (Å²) < 4.78 is 7.11. The Bertz CT molecular complexity index is 4560. The van der Waals surface area contributed by atoms with Crippen LogP contribution in [0.25, 0.3) is 99.8 Å². The number of para-hydroxylation sites is 1. The second kappa shape index (κ2) is 20.8. The van der Waals surface area contributed by atoms with Crippen molar-refractivity contribution in [1.29, 1.82) is 0 Å². The van der Waals surface area contributed by atoms with Crippen molar-refractivity contribution in [3.8, 4) is 77.9 Å². The summed E-state index contributed by atoms with van der Waals surface area (Å²) in [5, 5.41) is 6.68. The van der Waals surface area contributed by atoms with E-state index in [0.29, 0.717) is 0 Å². The van der Waals surface area contributed by atoms with Gasteiger partial charge in [0.1, 0.15) is 11.2 Å². The highest BCUT2D eigenvalue weighted by Crippen LogP contribution is 2.53. The van der Waals surface area contributed by atoms with Crippen LogP contribution in [0.5, 0.6) is 0 Å². The number of benzene rings is 12. The van der Waals surface area contributed by atoms with Gasteiger partial charge in [-0.05, 0) is 150 Å². The number of rotatable bonds is 11. The molecule has 0 bridgehead atoms. The van der Waals surface area contributed by atoms with Crippen LogP contribution >= 0.6 is 0 Å². The lowest BCUT2D eigenvalue weighted by atomic mass is 9.33. The third-order valence-electron chi connectivity index (χ3n) is 17.6. The van der Waals surface area contributed by atoms with Crippen LogP contribution in [0.15, 0.2) is 271 Å². The third kappa shape index (κ3) is 8.75. The van der Waals surface area contributed by atoms with Gasteiger partial charge in [-0.1, -0.05) is 253 Å². The Labute approximate surface area is 493 Å². The van der Waals surface area contributed by atoms with Crippen LogP contribution in [-0.4, -0.2) is 6.71 Å². The number of furan rings is 1. The molecule has 0 saturated carbocycles. The first-order chi connectivity index (χ1) is 41.3. The Balaban J connectivity index is 1.09. The van der Waals surface area contributed by atoms with Gasteiger partial charge in [-0.2, -0.15) is 0 Å². The summed E-state index contributed by atoms with van der Waals surface area (Å²) in [6, 6.07) is 99.1. The first kappa shape index (κ1) is 51.0. The molecule has 1 N–H and O–H groups in total. The molecule has 2 aliphatic heterocycles. The van der Waals surface area contributed by atoms with Gasteiger partial charge in [0, 0.05) is 55.8 Å². The fourth-order valence-corrected chi connectivity index (χ4v) is 13.5. The van der Waals surface area contributed by atoms with Gasteiger partial charge in [0.25, 0.3) is 6.71 Å². The molecule has 3 nitrogen and oxygen atoms in total. The molecule has 13 aromatic rings. The molecule has 4 heteroatoms. The predicted octanol–water partition coefficient (Wildman–Crippen LogP) is 20.3. The second-order valence-electron chi connectivity index (χ2n) is 23.8.